The summed E-state index contributed by atoms with van der Waals surface area (Å²) in [5.74, 6) is -0.175. The second-order valence-electron chi connectivity index (χ2n) is 3.82. The summed E-state index contributed by atoms with van der Waals surface area (Å²) in [6, 6.07) is 6.65. The third-order valence-electron chi connectivity index (χ3n) is 2.48. The standard InChI is InChI=1S/C12H17N3O2S/c1-8(18-2)7-14-12(16)10-5-3-4-9(6-10)11(13)15-17/h3-6,8,17H,7H2,1-2H3,(H2,13,15)(H,14,16). The second kappa shape index (κ2) is 6.90. The molecule has 1 unspecified atom stereocenters. The molecule has 1 rings (SSSR count). The van der Waals surface area contributed by atoms with Gasteiger partial charge in [-0.3, -0.25) is 4.79 Å². The molecule has 1 amide bonds. The van der Waals surface area contributed by atoms with Crippen LogP contribution in [0.5, 0.6) is 0 Å². The zero-order valence-electron chi connectivity index (χ0n) is 10.4. The lowest BCUT2D eigenvalue weighted by Crippen LogP contribution is -2.29. The molecule has 0 aromatic heterocycles. The minimum Gasteiger partial charge on any atom is -0.409 e. The maximum absolute atomic E-state index is 11.9. The van der Waals surface area contributed by atoms with Crippen molar-refractivity contribution in [1.82, 2.24) is 5.32 Å². The Hall–Kier alpha value is -1.69. The maximum atomic E-state index is 11.9. The van der Waals surface area contributed by atoms with Gasteiger partial charge in [0.05, 0.1) is 0 Å². The van der Waals surface area contributed by atoms with Gasteiger partial charge >= 0.3 is 0 Å². The molecule has 5 nitrogen and oxygen atoms in total. The Balaban J connectivity index is 2.74. The normalized spacial score (nSPS) is 13.1. The van der Waals surface area contributed by atoms with Crippen LogP contribution in [0, 0.1) is 0 Å². The topological polar surface area (TPSA) is 87.7 Å². The van der Waals surface area contributed by atoms with Crippen molar-refractivity contribution in [3.63, 3.8) is 0 Å². The molecule has 0 saturated heterocycles. The first-order valence-corrected chi connectivity index (χ1v) is 6.76. The van der Waals surface area contributed by atoms with E-state index in [0.717, 1.165) is 0 Å². The summed E-state index contributed by atoms with van der Waals surface area (Å²) >= 11 is 1.69. The van der Waals surface area contributed by atoms with Crippen LogP contribution in [0.4, 0.5) is 0 Å². The van der Waals surface area contributed by atoms with Crippen LogP contribution in [0.1, 0.15) is 22.8 Å². The molecule has 0 saturated carbocycles. The molecule has 4 N–H and O–H groups in total. The molecule has 0 radical (unpaired) electrons. The first-order valence-electron chi connectivity index (χ1n) is 5.47. The van der Waals surface area contributed by atoms with Gasteiger partial charge in [-0.2, -0.15) is 11.8 Å². The van der Waals surface area contributed by atoms with Gasteiger partial charge in [0.25, 0.3) is 5.91 Å². The molecule has 6 heteroatoms. The highest BCUT2D eigenvalue weighted by Crippen LogP contribution is 2.07. The highest BCUT2D eigenvalue weighted by molar-refractivity contribution is 7.99. The number of amides is 1. The highest BCUT2D eigenvalue weighted by atomic mass is 32.2. The van der Waals surface area contributed by atoms with Crippen molar-refractivity contribution in [2.45, 2.75) is 12.2 Å². The number of nitrogens with two attached hydrogens (primary N) is 1. The number of nitrogens with one attached hydrogen (secondary N) is 1. The number of oxime groups is 1. The van der Waals surface area contributed by atoms with E-state index >= 15 is 0 Å². The molecule has 0 fully saturated rings. The Morgan fingerprint density at radius 2 is 2.22 bits per heavy atom. The number of carbonyl (C=O) groups is 1. The van der Waals surface area contributed by atoms with E-state index in [9.17, 15) is 4.79 Å². The van der Waals surface area contributed by atoms with E-state index in [1.807, 2.05) is 13.2 Å². The predicted molar refractivity (Wildman–Crippen MR) is 74.3 cm³/mol. The zero-order valence-corrected chi connectivity index (χ0v) is 11.2. The molecule has 0 heterocycles. The number of rotatable bonds is 5. The van der Waals surface area contributed by atoms with Gasteiger partial charge in [-0.05, 0) is 18.4 Å². The van der Waals surface area contributed by atoms with Crippen molar-refractivity contribution < 1.29 is 10.0 Å². The molecule has 0 aliphatic rings. The van der Waals surface area contributed by atoms with Crippen LogP contribution in [-0.2, 0) is 0 Å². The molecule has 18 heavy (non-hydrogen) atoms. The van der Waals surface area contributed by atoms with Crippen molar-refractivity contribution in [2.24, 2.45) is 10.9 Å². The summed E-state index contributed by atoms with van der Waals surface area (Å²) in [5, 5.41) is 14.7. The quantitative estimate of drug-likeness (QED) is 0.324. The highest BCUT2D eigenvalue weighted by Gasteiger charge is 2.09. The summed E-state index contributed by atoms with van der Waals surface area (Å²) in [6.45, 7) is 2.64. The molecule has 0 spiro atoms. The van der Waals surface area contributed by atoms with Crippen LogP contribution in [0.15, 0.2) is 29.4 Å². The van der Waals surface area contributed by atoms with Gasteiger partial charge in [0.15, 0.2) is 5.84 Å². The number of hydrogen-bond donors (Lipinski definition) is 3. The van der Waals surface area contributed by atoms with Crippen molar-refractivity contribution in [2.75, 3.05) is 12.8 Å². The molecule has 0 bridgehead atoms. The first kappa shape index (κ1) is 14.4. The largest absolute Gasteiger partial charge is 0.409 e. The van der Waals surface area contributed by atoms with Crippen molar-refractivity contribution in [1.29, 1.82) is 0 Å². The van der Waals surface area contributed by atoms with E-state index < -0.39 is 0 Å². The molecule has 1 aromatic carbocycles. The fraction of sp³-hybridized carbons (Fsp3) is 0.333. The van der Waals surface area contributed by atoms with E-state index in [2.05, 4.69) is 10.5 Å². The Morgan fingerprint density at radius 3 is 2.83 bits per heavy atom. The first-order chi connectivity index (χ1) is 8.58. The Morgan fingerprint density at radius 1 is 1.56 bits per heavy atom. The molecule has 1 atom stereocenters. The van der Waals surface area contributed by atoms with Crippen LogP contribution in [0.2, 0.25) is 0 Å². The van der Waals surface area contributed by atoms with Gasteiger partial charge in [-0.25, -0.2) is 0 Å². The number of carbonyl (C=O) groups excluding carboxylic acids is 1. The van der Waals surface area contributed by atoms with E-state index in [1.54, 1.807) is 36.0 Å². The van der Waals surface area contributed by atoms with Gasteiger partial charge in [0.1, 0.15) is 0 Å². The van der Waals surface area contributed by atoms with E-state index in [1.165, 1.54) is 0 Å². The van der Waals surface area contributed by atoms with E-state index in [0.29, 0.717) is 22.9 Å². The van der Waals surface area contributed by atoms with Gasteiger partial charge < -0.3 is 16.3 Å². The maximum Gasteiger partial charge on any atom is 0.251 e. The lowest BCUT2D eigenvalue weighted by molar-refractivity contribution is 0.0954. The van der Waals surface area contributed by atoms with Gasteiger partial charge in [-0.15, -0.1) is 0 Å². The fourth-order valence-corrected chi connectivity index (χ4v) is 1.55. The minimum absolute atomic E-state index is 0.0119. The van der Waals surface area contributed by atoms with Gasteiger partial charge in [-0.1, -0.05) is 24.2 Å². The molecular weight excluding hydrogens is 250 g/mol. The zero-order chi connectivity index (χ0) is 13.5. The van der Waals surface area contributed by atoms with Gasteiger partial charge in [0.2, 0.25) is 0 Å². The fourth-order valence-electron chi connectivity index (χ4n) is 1.30. The average molecular weight is 267 g/mol. The number of nitrogens with zero attached hydrogens (tertiary/aromatic N) is 1. The SMILES string of the molecule is CSC(C)CNC(=O)c1cccc(/C(N)=N/O)c1. The summed E-state index contributed by atoms with van der Waals surface area (Å²) in [5.41, 5.74) is 6.48. The third-order valence-corrected chi connectivity index (χ3v) is 3.45. The van der Waals surface area contributed by atoms with Crippen LogP contribution < -0.4 is 11.1 Å². The second-order valence-corrected chi connectivity index (χ2v) is 5.10. The minimum atomic E-state index is -0.163. The number of hydrogen-bond acceptors (Lipinski definition) is 4. The monoisotopic (exact) mass is 267 g/mol. The Bertz CT molecular complexity index is 449. The van der Waals surface area contributed by atoms with Crippen LogP contribution in [-0.4, -0.2) is 35.0 Å². The van der Waals surface area contributed by atoms with Crippen molar-refractivity contribution in [3.05, 3.63) is 35.4 Å². The Labute approximate surface area is 110 Å². The lowest BCUT2D eigenvalue weighted by Gasteiger charge is -2.10. The molecule has 0 aliphatic carbocycles. The summed E-state index contributed by atoms with van der Waals surface area (Å²) < 4.78 is 0. The molecule has 0 aliphatic heterocycles. The predicted octanol–water partition coefficient (Wildman–Crippen LogP) is 1.26. The third kappa shape index (κ3) is 3.96. The van der Waals surface area contributed by atoms with Crippen LogP contribution in [0.3, 0.4) is 0 Å². The van der Waals surface area contributed by atoms with Crippen LogP contribution >= 0.6 is 11.8 Å². The van der Waals surface area contributed by atoms with Gasteiger partial charge in [0, 0.05) is 22.9 Å². The number of amidine groups is 1. The number of thioether (sulfide) groups is 1. The Kier molecular flexibility index (Phi) is 5.51. The molecule has 1 aromatic rings. The van der Waals surface area contributed by atoms with E-state index in [-0.39, 0.29) is 11.7 Å². The van der Waals surface area contributed by atoms with Crippen molar-refractivity contribution in [3.8, 4) is 0 Å². The van der Waals surface area contributed by atoms with Crippen LogP contribution in [0.25, 0.3) is 0 Å². The summed E-state index contributed by atoms with van der Waals surface area (Å²) in [7, 11) is 0. The summed E-state index contributed by atoms with van der Waals surface area (Å²) in [4.78, 5) is 11.9. The molecule has 98 valence electrons. The number of benzene rings is 1. The lowest BCUT2D eigenvalue weighted by atomic mass is 10.1. The summed E-state index contributed by atoms with van der Waals surface area (Å²) in [6.07, 6.45) is 2.00. The molecular formula is C12H17N3O2S. The average Bonchev–Trinajstić information content (AvgIpc) is 2.43. The smallest absolute Gasteiger partial charge is 0.251 e. The van der Waals surface area contributed by atoms with E-state index in [4.69, 9.17) is 10.9 Å². The van der Waals surface area contributed by atoms with Crippen molar-refractivity contribution >= 4 is 23.5 Å².